The van der Waals surface area contributed by atoms with Crippen LogP contribution in [0.1, 0.15) is 17.3 Å². The lowest BCUT2D eigenvalue weighted by molar-refractivity contribution is -0.384. The van der Waals surface area contributed by atoms with Gasteiger partial charge in [0.05, 0.1) is 15.5 Å². The lowest BCUT2D eigenvalue weighted by atomic mass is 10.1. The predicted molar refractivity (Wildman–Crippen MR) is 78.0 cm³/mol. The highest BCUT2D eigenvalue weighted by Gasteiger charge is 2.21. The van der Waals surface area contributed by atoms with Crippen molar-refractivity contribution in [2.24, 2.45) is 0 Å². The van der Waals surface area contributed by atoms with Gasteiger partial charge in [0.2, 0.25) is 0 Å². The molecular formula is C12H15ClN2O3S. The summed E-state index contributed by atoms with van der Waals surface area (Å²) in [6, 6.07) is 3.90. The lowest BCUT2D eigenvalue weighted by Crippen LogP contribution is -2.36. The van der Waals surface area contributed by atoms with E-state index in [1.165, 1.54) is 18.2 Å². The van der Waals surface area contributed by atoms with Crippen molar-refractivity contribution in [3.8, 4) is 0 Å². The third kappa shape index (κ3) is 3.84. The van der Waals surface area contributed by atoms with Crippen molar-refractivity contribution in [2.75, 3.05) is 19.1 Å². The number of hydrogen-bond acceptors (Lipinski definition) is 4. The summed E-state index contributed by atoms with van der Waals surface area (Å²) in [6.07, 6.45) is 1.95. The fourth-order valence-corrected chi connectivity index (χ4v) is 2.44. The maximum Gasteiger partial charge on any atom is 0.270 e. The Balaban J connectivity index is 3.04. The van der Waals surface area contributed by atoms with Crippen LogP contribution < -0.4 is 0 Å². The normalized spacial score (nSPS) is 12.0. The average Bonchev–Trinajstić information content (AvgIpc) is 2.37. The molecule has 5 nitrogen and oxygen atoms in total. The first-order chi connectivity index (χ1) is 8.88. The number of halogens is 1. The number of nitro benzene ring substituents is 1. The van der Waals surface area contributed by atoms with Gasteiger partial charge in [-0.25, -0.2) is 0 Å². The summed E-state index contributed by atoms with van der Waals surface area (Å²) in [5, 5.41) is 10.9. The molecule has 0 fully saturated rings. The molecule has 1 aromatic carbocycles. The number of thioether (sulfide) groups is 1. The molecule has 0 saturated heterocycles. The summed E-state index contributed by atoms with van der Waals surface area (Å²) in [5.74, 6) is 0.477. The Morgan fingerprint density at radius 3 is 2.74 bits per heavy atom. The molecule has 1 aromatic rings. The van der Waals surface area contributed by atoms with Crippen molar-refractivity contribution < 1.29 is 9.72 Å². The number of benzene rings is 1. The smallest absolute Gasteiger partial charge is 0.270 e. The second kappa shape index (κ2) is 6.77. The second-order valence-corrected chi connectivity index (χ2v) is 5.46. The molecule has 0 heterocycles. The summed E-state index contributed by atoms with van der Waals surface area (Å²) in [6.45, 7) is 1.92. The fourth-order valence-electron chi connectivity index (χ4n) is 1.53. The standard InChI is InChI=1S/C12H15ClN2O3S/c1-8(7-19-3)14(2)12(16)10-6-9(15(17)18)4-5-11(10)13/h4-6,8H,7H2,1-3H3. The Bertz CT molecular complexity index is 496. The van der Waals surface area contributed by atoms with Crippen LogP contribution >= 0.6 is 23.4 Å². The van der Waals surface area contributed by atoms with Crippen LogP contribution in [0.4, 0.5) is 5.69 Å². The Hall–Kier alpha value is -1.27. The third-order valence-electron chi connectivity index (χ3n) is 2.78. The number of carbonyl (C=O) groups excluding carboxylic acids is 1. The van der Waals surface area contributed by atoms with Crippen molar-refractivity contribution in [3.63, 3.8) is 0 Å². The Kier molecular flexibility index (Phi) is 5.62. The zero-order chi connectivity index (χ0) is 14.6. The monoisotopic (exact) mass is 302 g/mol. The van der Waals surface area contributed by atoms with E-state index >= 15 is 0 Å². The molecule has 1 unspecified atom stereocenters. The first-order valence-electron chi connectivity index (χ1n) is 5.58. The van der Waals surface area contributed by atoms with E-state index in [1.807, 2.05) is 13.2 Å². The molecule has 0 N–H and O–H groups in total. The van der Waals surface area contributed by atoms with Crippen molar-refractivity contribution in [1.29, 1.82) is 0 Å². The molecule has 0 spiro atoms. The van der Waals surface area contributed by atoms with Crippen LogP contribution in [0.3, 0.4) is 0 Å². The molecule has 104 valence electrons. The van der Waals surface area contributed by atoms with Gasteiger partial charge in [0.1, 0.15) is 0 Å². The maximum absolute atomic E-state index is 12.3. The number of amides is 1. The minimum Gasteiger partial charge on any atom is -0.338 e. The predicted octanol–water partition coefficient (Wildman–Crippen LogP) is 3.07. The molecule has 0 aliphatic rings. The Morgan fingerprint density at radius 1 is 1.58 bits per heavy atom. The molecule has 0 saturated carbocycles. The SMILES string of the molecule is CSCC(C)N(C)C(=O)c1cc([N+](=O)[O-])ccc1Cl. The first-order valence-corrected chi connectivity index (χ1v) is 7.35. The zero-order valence-electron chi connectivity index (χ0n) is 10.9. The minimum atomic E-state index is -0.543. The molecule has 1 rings (SSSR count). The van der Waals surface area contributed by atoms with Gasteiger partial charge in [-0.3, -0.25) is 14.9 Å². The van der Waals surface area contributed by atoms with Crippen LogP contribution in [-0.4, -0.2) is 40.8 Å². The highest BCUT2D eigenvalue weighted by molar-refractivity contribution is 7.98. The number of rotatable bonds is 5. The Labute approximate surface area is 121 Å². The zero-order valence-corrected chi connectivity index (χ0v) is 12.5. The van der Waals surface area contributed by atoms with Gasteiger partial charge in [-0.05, 0) is 19.2 Å². The second-order valence-electron chi connectivity index (χ2n) is 4.14. The van der Waals surface area contributed by atoms with Gasteiger partial charge < -0.3 is 4.90 Å². The van der Waals surface area contributed by atoms with E-state index in [9.17, 15) is 14.9 Å². The van der Waals surface area contributed by atoms with Gasteiger partial charge in [-0.15, -0.1) is 0 Å². The average molecular weight is 303 g/mol. The summed E-state index contributed by atoms with van der Waals surface area (Å²) < 4.78 is 0. The molecule has 7 heteroatoms. The van der Waals surface area contributed by atoms with Crippen LogP contribution in [0.15, 0.2) is 18.2 Å². The molecule has 0 aromatic heterocycles. The number of nitrogens with zero attached hydrogens (tertiary/aromatic N) is 2. The molecule has 1 amide bonds. The molecule has 0 bridgehead atoms. The largest absolute Gasteiger partial charge is 0.338 e. The summed E-state index contributed by atoms with van der Waals surface area (Å²) >= 11 is 7.57. The third-order valence-corrected chi connectivity index (χ3v) is 3.93. The Morgan fingerprint density at radius 2 is 2.21 bits per heavy atom. The molecule has 0 radical (unpaired) electrons. The van der Waals surface area contributed by atoms with Crippen molar-refractivity contribution in [1.82, 2.24) is 4.90 Å². The van der Waals surface area contributed by atoms with Gasteiger partial charge >= 0.3 is 0 Å². The van der Waals surface area contributed by atoms with Crippen molar-refractivity contribution >= 4 is 35.0 Å². The van der Waals surface area contributed by atoms with E-state index in [4.69, 9.17) is 11.6 Å². The van der Waals surface area contributed by atoms with Gasteiger partial charge in [-0.2, -0.15) is 11.8 Å². The number of non-ortho nitro benzene ring substituents is 1. The summed E-state index contributed by atoms with van der Waals surface area (Å²) in [5.41, 5.74) is 0.0185. The molecule has 0 aliphatic carbocycles. The molecule has 19 heavy (non-hydrogen) atoms. The topological polar surface area (TPSA) is 63.5 Å². The van der Waals surface area contributed by atoms with Crippen molar-refractivity contribution in [3.05, 3.63) is 38.9 Å². The van der Waals surface area contributed by atoms with Crippen LogP contribution in [-0.2, 0) is 0 Å². The van der Waals surface area contributed by atoms with Crippen LogP contribution in [0.2, 0.25) is 5.02 Å². The van der Waals surface area contributed by atoms with Crippen LogP contribution in [0.5, 0.6) is 0 Å². The van der Waals surface area contributed by atoms with E-state index in [-0.39, 0.29) is 28.2 Å². The van der Waals surface area contributed by atoms with E-state index < -0.39 is 4.92 Å². The summed E-state index contributed by atoms with van der Waals surface area (Å²) in [7, 11) is 1.67. The number of carbonyl (C=O) groups is 1. The number of nitro groups is 1. The summed E-state index contributed by atoms with van der Waals surface area (Å²) in [4.78, 5) is 24.0. The number of hydrogen-bond donors (Lipinski definition) is 0. The van der Waals surface area contributed by atoms with E-state index in [0.29, 0.717) is 0 Å². The maximum atomic E-state index is 12.3. The quantitative estimate of drug-likeness (QED) is 0.619. The highest BCUT2D eigenvalue weighted by Crippen LogP contribution is 2.24. The van der Waals surface area contributed by atoms with E-state index in [0.717, 1.165) is 5.75 Å². The van der Waals surface area contributed by atoms with Gasteiger partial charge in [0.15, 0.2) is 0 Å². The molecule has 1 atom stereocenters. The molecular weight excluding hydrogens is 288 g/mol. The molecule has 0 aliphatic heterocycles. The first kappa shape index (κ1) is 15.8. The highest BCUT2D eigenvalue weighted by atomic mass is 35.5. The van der Waals surface area contributed by atoms with E-state index in [2.05, 4.69) is 0 Å². The van der Waals surface area contributed by atoms with Crippen molar-refractivity contribution in [2.45, 2.75) is 13.0 Å². The fraction of sp³-hybridized carbons (Fsp3) is 0.417. The van der Waals surface area contributed by atoms with Crippen LogP contribution in [0, 0.1) is 10.1 Å². The van der Waals surface area contributed by atoms with Gasteiger partial charge in [0.25, 0.3) is 11.6 Å². The van der Waals surface area contributed by atoms with E-state index in [1.54, 1.807) is 23.7 Å². The van der Waals surface area contributed by atoms with Crippen LogP contribution in [0.25, 0.3) is 0 Å². The minimum absolute atomic E-state index is 0.0258. The van der Waals surface area contributed by atoms with Gasteiger partial charge in [-0.1, -0.05) is 11.6 Å². The lowest BCUT2D eigenvalue weighted by Gasteiger charge is -2.24. The van der Waals surface area contributed by atoms with Gasteiger partial charge in [0, 0.05) is 31.0 Å².